The fraction of sp³-hybridized carbons (Fsp3) is 0.188. The second-order valence-electron chi connectivity index (χ2n) is 4.43. The lowest BCUT2D eigenvalue weighted by molar-refractivity contribution is 0.258. The quantitative estimate of drug-likeness (QED) is 0.937. The number of hydrogen-bond acceptors (Lipinski definition) is 3. The van der Waals surface area contributed by atoms with E-state index in [1.54, 1.807) is 39.5 Å². The maximum Gasteiger partial charge on any atom is 0.326 e. The minimum absolute atomic E-state index is 0.239. The molecule has 0 fully saturated rings. The molecule has 0 aliphatic heterocycles. The molecule has 0 saturated carbocycles. The standard InChI is InChI=1S/C16H18N2O3/c1-18(13-7-5-4-6-8-13)16(19)17-12-9-14(20-2)11-15(10-12)21-3/h4-11H,1-3H3,(H,17,19). The van der Waals surface area contributed by atoms with E-state index in [1.165, 1.54) is 4.90 Å². The first-order valence-electron chi connectivity index (χ1n) is 6.47. The van der Waals surface area contributed by atoms with Gasteiger partial charge in [0.25, 0.3) is 0 Å². The highest BCUT2D eigenvalue weighted by atomic mass is 16.5. The maximum atomic E-state index is 12.2. The Morgan fingerprint density at radius 3 is 2.10 bits per heavy atom. The second kappa shape index (κ2) is 6.65. The van der Waals surface area contributed by atoms with Crippen molar-refractivity contribution >= 4 is 17.4 Å². The van der Waals surface area contributed by atoms with Crippen LogP contribution in [0.3, 0.4) is 0 Å². The van der Waals surface area contributed by atoms with Crippen LogP contribution in [-0.4, -0.2) is 27.3 Å². The number of para-hydroxylation sites is 1. The molecule has 0 spiro atoms. The highest BCUT2D eigenvalue weighted by molar-refractivity contribution is 6.01. The van der Waals surface area contributed by atoms with Crippen LogP contribution in [-0.2, 0) is 0 Å². The molecular weight excluding hydrogens is 268 g/mol. The van der Waals surface area contributed by atoms with Gasteiger partial charge in [-0.3, -0.25) is 4.90 Å². The fourth-order valence-electron chi connectivity index (χ4n) is 1.86. The predicted molar refractivity (Wildman–Crippen MR) is 83.4 cm³/mol. The average Bonchev–Trinajstić information content (AvgIpc) is 2.54. The number of nitrogens with one attached hydrogen (secondary N) is 1. The van der Waals surface area contributed by atoms with Gasteiger partial charge in [-0.25, -0.2) is 4.79 Å². The van der Waals surface area contributed by atoms with Gasteiger partial charge in [0.1, 0.15) is 11.5 Å². The van der Waals surface area contributed by atoms with Gasteiger partial charge in [0, 0.05) is 36.6 Å². The first-order valence-corrected chi connectivity index (χ1v) is 6.47. The van der Waals surface area contributed by atoms with Gasteiger partial charge >= 0.3 is 6.03 Å². The first kappa shape index (κ1) is 14.7. The van der Waals surface area contributed by atoms with Crippen molar-refractivity contribution in [2.75, 3.05) is 31.5 Å². The number of amides is 2. The molecule has 0 unspecified atom stereocenters. The number of benzene rings is 2. The lowest BCUT2D eigenvalue weighted by Gasteiger charge is -2.18. The Balaban J connectivity index is 2.16. The molecule has 2 rings (SSSR count). The third-order valence-corrected chi connectivity index (χ3v) is 3.05. The van der Waals surface area contributed by atoms with E-state index in [0.717, 1.165) is 5.69 Å². The maximum absolute atomic E-state index is 12.2. The zero-order valence-corrected chi connectivity index (χ0v) is 12.3. The fourth-order valence-corrected chi connectivity index (χ4v) is 1.86. The van der Waals surface area contributed by atoms with Crippen molar-refractivity contribution in [1.82, 2.24) is 0 Å². The highest BCUT2D eigenvalue weighted by Gasteiger charge is 2.11. The third kappa shape index (κ3) is 3.66. The monoisotopic (exact) mass is 286 g/mol. The molecule has 2 aromatic rings. The van der Waals surface area contributed by atoms with Crippen LogP contribution in [0.15, 0.2) is 48.5 Å². The van der Waals surface area contributed by atoms with Crippen molar-refractivity contribution in [2.45, 2.75) is 0 Å². The SMILES string of the molecule is COc1cc(NC(=O)N(C)c2ccccc2)cc(OC)c1. The molecule has 0 atom stereocenters. The molecule has 0 aliphatic carbocycles. The molecule has 2 aromatic carbocycles. The predicted octanol–water partition coefficient (Wildman–Crippen LogP) is 3.37. The van der Waals surface area contributed by atoms with Crippen LogP contribution in [0.1, 0.15) is 0 Å². The average molecular weight is 286 g/mol. The summed E-state index contributed by atoms with van der Waals surface area (Å²) >= 11 is 0. The number of carbonyl (C=O) groups is 1. The Bertz CT molecular complexity index is 592. The summed E-state index contributed by atoms with van der Waals surface area (Å²) in [6.07, 6.45) is 0. The van der Waals surface area contributed by atoms with E-state index < -0.39 is 0 Å². The summed E-state index contributed by atoms with van der Waals surface area (Å²) in [7, 11) is 4.84. The van der Waals surface area contributed by atoms with Crippen LogP contribution >= 0.6 is 0 Å². The van der Waals surface area contributed by atoms with Gasteiger partial charge in [-0.05, 0) is 12.1 Å². The van der Waals surface area contributed by atoms with Gasteiger partial charge in [-0.1, -0.05) is 18.2 Å². The molecule has 0 bridgehead atoms. The topological polar surface area (TPSA) is 50.8 Å². The van der Waals surface area contributed by atoms with Crippen molar-refractivity contribution < 1.29 is 14.3 Å². The molecule has 0 heterocycles. The van der Waals surface area contributed by atoms with Crippen LogP contribution in [0.4, 0.5) is 16.2 Å². The number of rotatable bonds is 4. The van der Waals surface area contributed by atoms with E-state index in [1.807, 2.05) is 30.3 Å². The molecule has 0 radical (unpaired) electrons. The number of nitrogens with zero attached hydrogens (tertiary/aromatic N) is 1. The minimum atomic E-state index is -0.239. The normalized spacial score (nSPS) is 9.86. The van der Waals surface area contributed by atoms with Gasteiger partial charge in [0.2, 0.25) is 0 Å². The van der Waals surface area contributed by atoms with E-state index in [2.05, 4.69) is 5.32 Å². The lowest BCUT2D eigenvalue weighted by Crippen LogP contribution is -2.31. The zero-order chi connectivity index (χ0) is 15.2. The molecule has 5 heteroatoms. The van der Waals surface area contributed by atoms with Gasteiger partial charge in [-0.15, -0.1) is 0 Å². The number of methoxy groups -OCH3 is 2. The third-order valence-electron chi connectivity index (χ3n) is 3.05. The number of ether oxygens (including phenoxy) is 2. The van der Waals surface area contributed by atoms with Crippen molar-refractivity contribution in [3.8, 4) is 11.5 Å². The Morgan fingerprint density at radius 1 is 1.00 bits per heavy atom. The van der Waals surface area contributed by atoms with E-state index in [4.69, 9.17) is 9.47 Å². The summed E-state index contributed by atoms with van der Waals surface area (Å²) in [4.78, 5) is 13.8. The smallest absolute Gasteiger partial charge is 0.326 e. The minimum Gasteiger partial charge on any atom is -0.497 e. The van der Waals surface area contributed by atoms with Gasteiger partial charge in [0.15, 0.2) is 0 Å². The molecule has 110 valence electrons. The van der Waals surface area contributed by atoms with Crippen LogP contribution in [0.5, 0.6) is 11.5 Å². The van der Waals surface area contributed by atoms with Crippen molar-refractivity contribution in [1.29, 1.82) is 0 Å². The summed E-state index contributed by atoms with van der Waals surface area (Å²) in [5.41, 5.74) is 1.42. The molecule has 0 aliphatic rings. The Kier molecular flexibility index (Phi) is 4.66. The van der Waals surface area contributed by atoms with Crippen LogP contribution in [0.2, 0.25) is 0 Å². The summed E-state index contributed by atoms with van der Waals surface area (Å²) in [6, 6.07) is 14.4. The second-order valence-corrected chi connectivity index (χ2v) is 4.43. The molecule has 0 saturated heterocycles. The zero-order valence-electron chi connectivity index (χ0n) is 12.3. The lowest BCUT2D eigenvalue weighted by atomic mass is 10.2. The van der Waals surface area contributed by atoms with Crippen molar-refractivity contribution in [2.24, 2.45) is 0 Å². The molecule has 21 heavy (non-hydrogen) atoms. The van der Waals surface area contributed by atoms with Gasteiger partial charge in [-0.2, -0.15) is 0 Å². The summed E-state index contributed by atoms with van der Waals surface area (Å²) in [6.45, 7) is 0. The van der Waals surface area contributed by atoms with E-state index in [9.17, 15) is 4.79 Å². The van der Waals surface area contributed by atoms with Gasteiger partial charge in [0.05, 0.1) is 14.2 Å². The number of urea groups is 1. The molecule has 0 aromatic heterocycles. The highest BCUT2D eigenvalue weighted by Crippen LogP contribution is 2.26. The van der Waals surface area contributed by atoms with Crippen LogP contribution in [0.25, 0.3) is 0 Å². The molecule has 2 amide bonds. The summed E-state index contributed by atoms with van der Waals surface area (Å²) in [5.74, 6) is 1.24. The summed E-state index contributed by atoms with van der Waals surface area (Å²) < 4.78 is 10.4. The first-order chi connectivity index (χ1) is 10.1. The van der Waals surface area contributed by atoms with Crippen molar-refractivity contribution in [3.63, 3.8) is 0 Å². The molecule has 5 nitrogen and oxygen atoms in total. The Morgan fingerprint density at radius 2 is 1.57 bits per heavy atom. The van der Waals surface area contributed by atoms with Crippen LogP contribution in [0, 0.1) is 0 Å². The van der Waals surface area contributed by atoms with E-state index >= 15 is 0 Å². The largest absolute Gasteiger partial charge is 0.497 e. The molecule has 1 N–H and O–H groups in total. The summed E-state index contributed by atoms with van der Waals surface area (Å²) in [5, 5.41) is 2.82. The Hall–Kier alpha value is -2.69. The number of anilines is 2. The number of carbonyl (C=O) groups excluding carboxylic acids is 1. The van der Waals surface area contributed by atoms with Crippen LogP contribution < -0.4 is 19.7 Å². The molecular formula is C16H18N2O3. The van der Waals surface area contributed by atoms with E-state index in [0.29, 0.717) is 17.2 Å². The number of hydrogen-bond donors (Lipinski definition) is 1. The van der Waals surface area contributed by atoms with Crippen molar-refractivity contribution in [3.05, 3.63) is 48.5 Å². The Labute approximate surface area is 124 Å². The van der Waals surface area contributed by atoms with Gasteiger partial charge < -0.3 is 14.8 Å². The van der Waals surface area contributed by atoms with E-state index in [-0.39, 0.29) is 6.03 Å².